The Labute approximate surface area is 105 Å². The quantitative estimate of drug-likeness (QED) is 0.814. The third-order valence-corrected chi connectivity index (χ3v) is 4.40. The van der Waals surface area contributed by atoms with E-state index in [-0.39, 0.29) is 0 Å². The smallest absolute Gasteiger partial charge is 0.222 e. The van der Waals surface area contributed by atoms with Gasteiger partial charge in [-0.15, -0.1) is 0 Å². The lowest BCUT2D eigenvalue weighted by Crippen LogP contribution is -2.45. The van der Waals surface area contributed by atoms with E-state index in [0.717, 1.165) is 44.4 Å². The summed E-state index contributed by atoms with van der Waals surface area (Å²) in [6, 6.07) is 0. The predicted molar refractivity (Wildman–Crippen MR) is 69.7 cm³/mol. The summed E-state index contributed by atoms with van der Waals surface area (Å²) in [7, 11) is 0. The first kappa shape index (κ1) is 12.9. The van der Waals surface area contributed by atoms with Gasteiger partial charge in [0.15, 0.2) is 0 Å². The molecule has 3 heteroatoms. The summed E-state index contributed by atoms with van der Waals surface area (Å²) in [6.45, 7) is 8.66. The Morgan fingerprint density at radius 1 is 1.29 bits per heavy atom. The molecule has 0 bridgehead atoms. The average Bonchev–Trinajstić information content (AvgIpc) is 2.48. The van der Waals surface area contributed by atoms with Gasteiger partial charge in [0.2, 0.25) is 5.91 Å². The lowest BCUT2D eigenvalue weighted by Gasteiger charge is -2.29. The maximum Gasteiger partial charge on any atom is 0.222 e. The number of hydrogen-bond donors (Lipinski definition) is 1. The third-order valence-electron chi connectivity index (χ3n) is 4.40. The van der Waals surface area contributed by atoms with E-state index in [0.29, 0.717) is 11.8 Å². The Bertz CT molecular complexity index is 261. The van der Waals surface area contributed by atoms with Crippen molar-refractivity contribution in [3.8, 4) is 0 Å². The normalized spacial score (nSPS) is 26.8. The zero-order chi connectivity index (χ0) is 12.3. The first-order valence-electron chi connectivity index (χ1n) is 7.15. The molecule has 17 heavy (non-hydrogen) atoms. The van der Waals surface area contributed by atoms with Gasteiger partial charge in [-0.25, -0.2) is 0 Å². The van der Waals surface area contributed by atoms with Gasteiger partial charge in [0.1, 0.15) is 0 Å². The van der Waals surface area contributed by atoms with E-state index in [1.807, 2.05) is 0 Å². The second-order valence-corrected chi connectivity index (χ2v) is 6.04. The summed E-state index contributed by atoms with van der Waals surface area (Å²) < 4.78 is 0. The number of nitrogens with one attached hydrogen (secondary N) is 1. The van der Waals surface area contributed by atoms with Gasteiger partial charge in [-0.2, -0.15) is 0 Å². The van der Waals surface area contributed by atoms with Gasteiger partial charge in [0.25, 0.3) is 0 Å². The fourth-order valence-corrected chi connectivity index (χ4v) is 2.91. The monoisotopic (exact) mass is 238 g/mol. The highest BCUT2D eigenvalue weighted by Crippen LogP contribution is 2.25. The van der Waals surface area contributed by atoms with Crippen LogP contribution in [0.1, 0.15) is 39.5 Å². The summed E-state index contributed by atoms with van der Waals surface area (Å²) in [5.41, 5.74) is 0. The van der Waals surface area contributed by atoms with Crippen LogP contribution in [-0.4, -0.2) is 37.0 Å². The minimum Gasteiger partial charge on any atom is -0.343 e. The molecule has 0 aromatic heterocycles. The van der Waals surface area contributed by atoms with Crippen molar-refractivity contribution in [1.82, 2.24) is 10.2 Å². The molecule has 2 saturated heterocycles. The molecule has 2 fully saturated rings. The van der Waals surface area contributed by atoms with Crippen LogP contribution in [0.15, 0.2) is 0 Å². The SMILES string of the molecule is CC(C)C1CCCN(C(=O)CC2CNC2)CC1. The van der Waals surface area contributed by atoms with Crippen LogP contribution in [0, 0.1) is 17.8 Å². The van der Waals surface area contributed by atoms with E-state index in [2.05, 4.69) is 24.1 Å². The van der Waals surface area contributed by atoms with Crippen molar-refractivity contribution in [3.05, 3.63) is 0 Å². The molecule has 0 saturated carbocycles. The van der Waals surface area contributed by atoms with E-state index < -0.39 is 0 Å². The van der Waals surface area contributed by atoms with E-state index in [1.165, 1.54) is 19.3 Å². The summed E-state index contributed by atoms with van der Waals surface area (Å²) in [4.78, 5) is 14.2. The van der Waals surface area contributed by atoms with Gasteiger partial charge in [-0.3, -0.25) is 4.79 Å². The van der Waals surface area contributed by atoms with Crippen LogP contribution < -0.4 is 5.32 Å². The van der Waals surface area contributed by atoms with Gasteiger partial charge < -0.3 is 10.2 Å². The maximum atomic E-state index is 12.1. The fourth-order valence-electron chi connectivity index (χ4n) is 2.91. The molecular weight excluding hydrogens is 212 g/mol. The number of rotatable bonds is 3. The van der Waals surface area contributed by atoms with Gasteiger partial charge >= 0.3 is 0 Å². The second kappa shape index (κ2) is 5.85. The molecule has 0 aliphatic carbocycles. The summed E-state index contributed by atoms with van der Waals surface area (Å²) in [6.07, 6.45) is 4.45. The van der Waals surface area contributed by atoms with Crippen LogP contribution in [0.4, 0.5) is 0 Å². The number of nitrogens with zero attached hydrogens (tertiary/aromatic N) is 1. The van der Waals surface area contributed by atoms with E-state index in [4.69, 9.17) is 0 Å². The number of amides is 1. The summed E-state index contributed by atoms with van der Waals surface area (Å²) in [5.74, 6) is 2.58. The Kier molecular flexibility index (Phi) is 4.43. The molecule has 2 heterocycles. The van der Waals surface area contributed by atoms with E-state index >= 15 is 0 Å². The Hall–Kier alpha value is -0.570. The van der Waals surface area contributed by atoms with Gasteiger partial charge in [0, 0.05) is 19.5 Å². The molecule has 2 rings (SSSR count). The first-order chi connectivity index (χ1) is 8.16. The largest absolute Gasteiger partial charge is 0.343 e. The predicted octanol–water partition coefficient (Wildman–Crippen LogP) is 1.88. The molecule has 0 radical (unpaired) electrons. The highest BCUT2D eigenvalue weighted by Gasteiger charge is 2.26. The van der Waals surface area contributed by atoms with Crippen LogP contribution in [-0.2, 0) is 4.79 Å². The second-order valence-electron chi connectivity index (χ2n) is 6.04. The first-order valence-corrected chi connectivity index (χ1v) is 7.15. The van der Waals surface area contributed by atoms with Crippen LogP contribution in [0.2, 0.25) is 0 Å². The Balaban J connectivity index is 1.78. The van der Waals surface area contributed by atoms with Gasteiger partial charge in [-0.05, 0) is 50.1 Å². The lowest BCUT2D eigenvalue weighted by atomic mass is 9.89. The standard InChI is InChI=1S/C14H26N2O/c1-11(2)13-4-3-6-16(7-5-13)14(17)8-12-9-15-10-12/h11-13,15H,3-10H2,1-2H3. The summed E-state index contributed by atoms with van der Waals surface area (Å²) >= 11 is 0. The maximum absolute atomic E-state index is 12.1. The van der Waals surface area contributed by atoms with Crippen molar-refractivity contribution in [3.63, 3.8) is 0 Å². The van der Waals surface area contributed by atoms with Crippen molar-refractivity contribution in [2.45, 2.75) is 39.5 Å². The number of likely N-dealkylation sites (tertiary alicyclic amines) is 1. The molecule has 1 unspecified atom stereocenters. The van der Waals surface area contributed by atoms with E-state index in [9.17, 15) is 4.79 Å². The Morgan fingerprint density at radius 2 is 2.06 bits per heavy atom. The molecule has 2 aliphatic rings. The van der Waals surface area contributed by atoms with Gasteiger partial charge in [-0.1, -0.05) is 13.8 Å². The number of hydrogen-bond acceptors (Lipinski definition) is 2. The minimum absolute atomic E-state index is 0.390. The number of carbonyl (C=O) groups is 1. The van der Waals surface area contributed by atoms with Crippen LogP contribution in [0.3, 0.4) is 0 Å². The number of carbonyl (C=O) groups excluding carboxylic acids is 1. The zero-order valence-electron chi connectivity index (χ0n) is 11.2. The highest BCUT2D eigenvalue weighted by molar-refractivity contribution is 5.76. The van der Waals surface area contributed by atoms with Crippen molar-refractivity contribution in [2.75, 3.05) is 26.2 Å². The fraction of sp³-hybridized carbons (Fsp3) is 0.929. The van der Waals surface area contributed by atoms with Crippen molar-refractivity contribution < 1.29 is 4.79 Å². The summed E-state index contributed by atoms with van der Waals surface area (Å²) in [5, 5.41) is 3.23. The van der Waals surface area contributed by atoms with Crippen molar-refractivity contribution >= 4 is 5.91 Å². The zero-order valence-corrected chi connectivity index (χ0v) is 11.2. The van der Waals surface area contributed by atoms with E-state index in [1.54, 1.807) is 0 Å². The average molecular weight is 238 g/mol. The molecule has 3 nitrogen and oxygen atoms in total. The molecular formula is C14H26N2O. The van der Waals surface area contributed by atoms with Crippen LogP contribution in [0.5, 0.6) is 0 Å². The van der Waals surface area contributed by atoms with Gasteiger partial charge in [0.05, 0.1) is 0 Å². The van der Waals surface area contributed by atoms with Crippen molar-refractivity contribution in [1.29, 1.82) is 0 Å². The topological polar surface area (TPSA) is 32.3 Å². The molecule has 1 amide bonds. The lowest BCUT2D eigenvalue weighted by molar-refractivity contribution is -0.132. The molecule has 1 atom stereocenters. The van der Waals surface area contributed by atoms with Crippen LogP contribution >= 0.6 is 0 Å². The van der Waals surface area contributed by atoms with Crippen molar-refractivity contribution in [2.24, 2.45) is 17.8 Å². The molecule has 2 aliphatic heterocycles. The third kappa shape index (κ3) is 3.44. The molecule has 0 aromatic rings. The molecule has 0 spiro atoms. The Morgan fingerprint density at radius 3 is 2.65 bits per heavy atom. The molecule has 0 aromatic carbocycles. The minimum atomic E-state index is 0.390. The molecule has 98 valence electrons. The highest BCUT2D eigenvalue weighted by atomic mass is 16.2. The molecule has 1 N–H and O–H groups in total. The van der Waals surface area contributed by atoms with Crippen LogP contribution in [0.25, 0.3) is 0 Å².